The highest BCUT2D eigenvalue weighted by Gasteiger charge is 2.31. The van der Waals surface area contributed by atoms with Gasteiger partial charge in [-0.25, -0.2) is 0 Å². The van der Waals surface area contributed by atoms with Crippen LogP contribution in [0.25, 0.3) is 0 Å². The van der Waals surface area contributed by atoms with E-state index in [0.717, 1.165) is 0 Å². The second kappa shape index (κ2) is 9.82. The third-order valence-corrected chi connectivity index (χ3v) is 2.85. The zero-order chi connectivity index (χ0) is 15.6. The number of aliphatic hydroxyl groups excluding tert-OH is 2. The van der Waals surface area contributed by atoms with Gasteiger partial charge >= 0.3 is 5.97 Å². The van der Waals surface area contributed by atoms with E-state index in [0.29, 0.717) is 6.42 Å². The van der Waals surface area contributed by atoms with Crippen LogP contribution in [0.3, 0.4) is 0 Å². The smallest absolute Gasteiger partial charge is 0.306 e. The fourth-order valence-electron chi connectivity index (χ4n) is 1.45. The number of esters is 1. The molecule has 20 heavy (non-hydrogen) atoms. The van der Waals surface area contributed by atoms with Crippen LogP contribution in [0.15, 0.2) is 0 Å². The summed E-state index contributed by atoms with van der Waals surface area (Å²) < 4.78 is 15.4. The van der Waals surface area contributed by atoms with E-state index in [2.05, 4.69) is 0 Å². The fraction of sp³-hybridized carbons (Fsp3) is 0.846. The maximum Gasteiger partial charge on any atom is 0.306 e. The molecule has 0 amide bonds. The molecule has 7 nitrogen and oxygen atoms in total. The highest BCUT2D eigenvalue weighted by molar-refractivity contribution is 5.80. The first-order valence-corrected chi connectivity index (χ1v) is 6.52. The Hall–Kier alpha value is -1.02. The average Bonchev–Trinajstić information content (AvgIpc) is 2.46. The fourth-order valence-corrected chi connectivity index (χ4v) is 1.45. The van der Waals surface area contributed by atoms with E-state index in [1.165, 1.54) is 14.0 Å². The summed E-state index contributed by atoms with van der Waals surface area (Å²) in [4.78, 5) is 22.1. The van der Waals surface area contributed by atoms with Crippen LogP contribution in [0.4, 0.5) is 0 Å². The number of hydrogen-bond acceptors (Lipinski definition) is 7. The molecule has 1 unspecified atom stereocenters. The van der Waals surface area contributed by atoms with Crippen molar-refractivity contribution in [3.63, 3.8) is 0 Å². The first-order valence-electron chi connectivity index (χ1n) is 6.52. The highest BCUT2D eigenvalue weighted by atomic mass is 16.7. The first-order chi connectivity index (χ1) is 9.42. The molecular formula is C13H24O7. The van der Waals surface area contributed by atoms with E-state index in [-0.39, 0.29) is 38.4 Å². The lowest BCUT2D eigenvalue weighted by atomic mass is 10.2. The Kier molecular flexibility index (Phi) is 9.32. The van der Waals surface area contributed by atoms with E-state index in [9.17, 15) is 19.8 Å². The maximum atomic E-state index is 11.3. The SMILES string of the molecule is CC[C@@](CO)(OC)OC(CO)COC(=O)CCC(C)=O. The zero-order valence-electron chi connectivity index (χ0n) is 12.3. The summed E-state index contributed by atoms with van der Waals surface area (Å²) in [7, 11) is 1.38. The summed E-state index contributed by atoms with van der Waals surface area (Å²) in [6.45, 7) is 2.22. The quantitative estimate of drug-likeness (QED) is 0.409. The minimum atomic E-state index is -1.22. The van der Waals surface area contributed by atoms with Crippen molar-refractivity contribution < 1.29 is 34.0 Å². The topological polar surface area (TPSA) is 102 Å². The van der Waals surface area contributed by atoms with Crippen LogP contribution in [-0.4, -0.2) is 60.8 Å². The van der Waals surface area contributed by atoms with Gasteiger partial charge in [0.15, 0.2) is 5.79 Å². The molecule has 2 atom stereocenters. The van der Waals surface area contributed by atoms with Crippen LogP contribution < -0.4 is 0 Å². The number of Topliss-reactive ketones (excluding diaryl/α,β-unsaturated/α-hetero) is 1. The van der Waals surface area contributed by atoms with Gasteiger partial charge in [-0.1, -0.05) is 6.92 Å². The van der Waals surface area contributed by atoms with Gasteiger partial charge in [0.25, 0.3) is 0 Å². The second-order valence-corrected chi connectivity index (χ2v) is 4.43. The highest BCUT2D eigenvalue weighted by Crippen LogP contribution is 2.18. The number of ketones is 1. The summed E-state index contributed by atoms with van der Waals surface area (Å²) in [5.74, 6) is -1.86. The van der Waals surface area contributed by atoms with Crippen molar-refractivity contribution >= 4 is 11.8 Å². The van der Waals surface area contributed by atoms with Gasteiger partial charge in [-0.3, -0.25) is 4.79 Å². The van der Waals surface area contributed by atoms with Crippen molar-refractivity contribution in [2.75, 3.05) is 26.9 Å². The van der Waals surface area contributed by atoms with Crippen LogP contribution in [0.5, 0.6) is 0 Å². The Labute approximate surface area is 118 Å². The van der Waals surface area contributed by atoms with E-state index >= 15 is 0 Å². The van der Waals surface area contributed by atoms with Crippen LogP contribution >= 0.6 is 0 Å². The Morgan fingerprint density at radius 2 is 1.90 bits per heavy atom. The van der Waals surface area contributed by atoms with Crippen molar-refractivity contribution in [1.29, 1.82) is 0 Å². The molecule has 2 N–H and O–H groups in total. The molecule has 0 aliphatic heterocycles. The van der Waals surface area contributed by atoms with Crippen LogP contribution in [0, 0.1) is 0 Å². The molecule has 0 spiro atoms. The molecule has 0 aromatic heterocycles. The third-order valence-electron chi connectivity index (χ3n) is 2.85. The number of ether oxygens (including phenoxy) is 3. The van der Waals surface area contributed by atoms with Gasteiger partial charge in [-0.2, -0.15) is 0 Å². The van der Waals surface area contributed by atoms with Crippen molar-refractivity contribution in [1.82, 2.24) is 0 Å². The van der Waals surface area contributed by atoms with Crippen molar-refractivity contribution in [2.45, 2.75) is 45.0 Å². The Balaban J connectivity index is 4.27. The minimum absolute atomic E-state index is 0.00329. The van der Waals surface area contributed by atoms with Gasteiger partial charge in [0, 0.05) is 20.0 Å². The van der Waals surface area contributed by atoms with Gasteiger partial charge in [0.1, 0.15) is 18.5 Å². The average molecular weight is 292 g/mol. The molecule has 0 saturated carbocycles. The van der Waals surface area contributed by atoms with E-state index in [4.69, 9.17) is 14.2 Å². The number of rotatable bonds is 11. The minimum Gasteiger partial charge on any atom is -0.463 e. The lowest BCUT2D eigenvalue weighted by molar-refractivity contribution is -0.273. The predicted molar refractivity (Wildman–Crippen MR) is 69.9 cm³/mol. The summed E-state index contributed by atoms with van der Waals surface area (Å²) in [5, 5.41) is 18.5. The largest absolute Gasteiger partial charge is 0.463 e. The molecule has 0 aromatic carbocycles. The Morgan fingerprint density at radius 1 is 1.25 bits per heavy atom. The predicted octanol–water partition coefficient (Wildman–Crippen LogP) is 0.0213. The molecule has 0 aliphatic rings. The van der Waals surface area contributed by atoms with Crippen molar-refractivity contribution in [3.05, 3.63) is 0 Å². The number of carbonyl (C=O) groups excluding carboxylic acids is 2. The molecule has 7 heteroatoms. The van der Waals surface area contributed by atoms with Gasteiger partial charge in [0.05, 0.1) is 19.6 Å². The monoisotopic (exact) mass is 292 g/mol. The van der Waals surface area contributed by atoms with Crippen LogP contribution in [-0.2, 0) is 23.8 Å². The lowest BCUT2D eigenvalue weighted by Crippen LogP contribution is -2.44. The third kappa shape index (κ3) is 6.95. The molecule has 0 saturated heterocycles. The number of aliphatic hydroxyl groups is 2. The molecule has 118 valence electrons. The summed E-state index contributed by atoms with van der Waals surface area (Å²) in [6.07, 6.45) is -0.314. The number of methoxy groups -OCH3 is 1. The van der Waals surface area contributed by atoms with Gasteiger partial charge in [-0.05, 0) is 6.92 Å². The van der Waals surface area contributed by atoms with Gasteiger partial charge in [-0.15, -0.1) is 0 Å². The zero-order valence-corrected chi connectivity index (χ0v) is 12.3. The Bertz CT molecular complexity index is 291. The number of carbonyl (C=O) groups is 2. The lowest BCUT2D eigenvalue weighted by Gasteiger charge is -2.32. The van der Waals surface area contributed by atoms with E-state index in [1.54, 1.807) is 6.92 Å². The molecular weight excluding hydrogens is 268 g/mol. The Morgan fingerprint density at radius 3 is 2.30 bits per heavy atom. The van der Waals surface area contributed by atoms with Crippen molar-refractivity contribution in [3.8, 4) is 0 Å². The van der Waals surface area contributed by atoms with Crippen molar-refractivity contribution in [2.24, 2.45) is 0 Å². The molecule has 0 radical (unpaired) electrons. The number of hydrogen-bond donors (Lipinski definition) is 2. The van der Waals surface area contributed by atoms with Gasteiger partial charge in [0.2, 0.25) is 0 Å². The van der Waals surface area contributed by atoms with Crippen LogP contribution in [0.1, 0.15) is 33.1 Å². The summed E-state index contributed by atoms with van der Waals surface area (Å²) in [6, 6.07) is 0. The molecule has 0 aromatic rings. The maximum absolute atomic E-state index is 11.3. The first kappa shape index (κ1) is 19.0. The molecule has 0 aliphatic carbocycles. The molecule has 0 rings (SSSR count). The van der Waals surface area contributed by atoms with E-state index < -0.39 is 17.9 Å². The normalized spacial score (nSPS) is 15.4. The summed E-state index contributed by atoms with van der Waals surface area (Å²) in [5.41, 5.74) is 0. The molecule has 0 bridgehead atoms. The van der Waals surface area contributed by atoms with Crippen LogP contribution in [0.2, 0.25) is 0 Å². The summed E-state index contributed by atoms with van der Waals surface area (Å²) >= 11 is 0. The molecule has 0 fully saturated rings. The standard InChI is InChI=1S/C13H24O7/c1-4-13(9-15,18-3)20-11(7-14)8-19-12(17)6-5-10(2)16/h11,14-15H,4-9H2,1-3H3/t11?,13-/m1/s1. The van der Waals surface area contributed by atoms with Gasteiger partial charge < -0.3 is 29.2 Å². The molecule has 0 heterocycles. The second-order valence-electron chi connectivity index (χ2n) is 4.43. The van der Waals surface area contributed by atoms with E-state index in [1.807, 2.05) is 0 Å².